The second-order valence-electron chi connectivity index (χ2n) is 8.07. The number of hydrogen-bond acceptors (Lipinski definition) is 6. The molecular weight excluding hydrogens is 433 g/mol. The molecule has 1 saturated heterocycles. The summed E-state index contributed by atoms with van der Waals surface area (Å²) in [6, 6.07) is 8.15. The van der Waals surface area contributed by atoms with Gasteiger partial charge in [-0.15, -0.1) is 0 Å². The number of likely N-dealkylation sites (tertiary alicyclic amines) is 1. The zero-order valence-electron chi connectivity index (χ0n) is 20.0. The van der Waals surface area contributed by atoms with Crippen LogP contribution >= 0.6 is 0 Å². The first-order valence-corrected chi connectivity index (χ1v) is 11.4. The van der Waals surface area contributed by atoms with Gasteiger partial charge in [-0.05, 0) is 69.6 Å². The number of methoxy groups -OCH3 is 1. The number of carbonyl (C=O) groups is 1. The van der Waals surface area contributed by atoms with Gasteiger partial charge in [-0.2, -0.15) is 0 Å². The van der Waals surface area contributed by atoms with E-state index < -0.39 is 0 Å². The second-order valence-corrected chi connectivity index (χ2v) is 8.07. The zero-order valence-corrected chi connectivity index (χ0v) is 20.0. The van der Waals surface area contributed by atoms with Crippen LogP contribution in [0.25, 0.3) is 10.9 Å². The van der Waals surface area contributed by atoms with Gasteiger partial charge in [0.05, 0.1) is 18.3 Å². The van der Waals surface area contributed by atoms with E-state index in [-0.39, 0.29) is 5.82 Å². The molecule has 0 radical (unpaired) electrons. The number of halogens is 1. The Hall–Kier alpha value is -3.52. The van der Waals surface area contributed by atoms with E-state index in [0.29, 0.717) is 45.8 Å². The molecule has 7 nitrogen and oxygen atoms in total. The van der Waals surface area contributed by atoms with Crippen LogP contribution in [0.15, 0.2) is 48.8 Å². The molecule has 1 fully saturated rings. The van der Waals surface area contributed by atoms with E-state index in [2.05, 4.69) is 44.6 Å². The van der Waals surface area contributed by atoms with Crippen LogP contribution in [0.4, 0.5) is 21.6 Å². The third kappa shape index (κ3) is 6.74. The molecule has 34 heavy (non-hydrogen) atoms. The Morgan fingerprint density at radius 3 is 2.62 bits per heavy atom. The van der Waals surface area contributed by atoms with Crippen molar-refractivity contribution in [2.75, 3.05) is 37.4 Å². The summed E-state index contributed by atoms with van der Waals surface area (Å²) < 4.78 is 18.7. The number of piperidine rings is 1. The van der Waals surface area contributed by atoms with Gasteiger partial charge in [-0.3, -0.25) is 9.69 Å². The number of ether oxygens (including phenoxy) is 1. The number of nitrogens with one attached hydrogen (secondary N) is 2. The van der Waals surface area contributed by atoms with Crippen molar-refractivity contribution in [3.8, 4) is 5.75 Å². The highest BCUT2D eigenvalue weighted by molar-refractivity contribution is 5.96. The number of hydrogen-bond donors (Lipinski definition) is 2. The van der Waals surface area contributed by atoms with Gasteiger partial charge >= 0.3 is 0 Å². The Bertz CT molecular complexity index is 1130. The molecule has 4 rings (SSSR count). The van der Waals surface area contributed by atoms with E-state index >= 15 is 0 Å². The van der Waals surface area contributed by atoms with Crippen LogP contribution in [0.2, 0.25) is 0 Å². The van der Waals surface area contributed by atoms with Crippen molar-refractivity contribution in [1.29, 1.82) is 0 Å². The van der Waals surface area contributed by atoms with Crippen molar-refractivity contribution < 1.29 is 13.9 Å². The molecule has 1 aromatic heterocycles. The lowest BCUT2D eigenvalue weighted by atomic mass is 10.1. The normalized spacial score (nSPS) is 13.9. The molecule has 1 aliphatic rings. The SMILES string of the molecule is C/C=C/CN1CCCCC1.COc1cc2ncnc(Nc3ccc(F)c(C)c3)c2cc1NC=O. The third-order valence-corrected chi connectivity index (χ3v) is 5.64. The number of allylic oxidation sites excluding steroid dienone is 1. The molecule has 0 spiro atoms. The number of anilines is 3. The Morgan fingerprint density at radius 1 is 1.15 bits per heavy atom. The minimum absolute atomic E-state index is 0.268. The number of fused-ring (bicyclic) bond motifs is 1. The van der Waals surface area contributed by atoms with Crippen molar-refractivity contribution in [3.05, 3.63) is 60.2 Å². The molecular formula is C26H32FN5O2. The molecule has 0 bridgehead atoms. The van der Waals surface area contributed by atoms with E-state index in [1.165, 1.54) is 51.9 Å². The van der Waals surface area contributed by atoms with Gasteiger partial charge < -0.3 is 15.4 Å². The lowest BCUT2D eigenvalue weighted by Gasteiger charge is -2.24. The van der Waals surface area contributed by atoms with Crippen LogP contribution in [0, 0.1) is 12.7 Å². The maximum Gasteiger partial charge on any atom is 0.211 e. The predicted octanol–water partition coefficient (Wildman–Crippen LogP) is 5.45. The van der Waals surface area contributed by atoms with Gasteiger partial charge in [-0.1, -0.05) is 18.6 Å². The number of aromatic nitrogens is 2. The van der Waals surface area contributed by atoms with Crippen LogP contribution < -0.4 is 15.4 Å². The fourth-order valence-corrected chi connectivity index (χ4v) is 3.78. The molecule has 0 saturated carbocycles. The number of rotatable bonds is 7. The molecule has 2 aromatic carbocycles. The minimum atomic E-state index is -0.268. The van der Waals surface area contributed by atoms with Crippen LogP contribution in [0.5, 0.6) is 5.75 Å². The standard InChI is InChI=1S/C17H15FN4O2.C9H17N/c1-10-5-11(3-4-13(10)18)22-17-12-6-15(21-9-23)16(24-2)7-14(12)19-8-20-17;1-2-3-7-10-8-5-4-6-9-10/h3-9H,1-2H3,(H,21,23)(H,19,20,22);2-3H,4-9H2,1H3/b;3-2+. The largest absolute Gasteiger partial charge is 0.494 e. The van der Waals surface area contributed by atoms with E-state index in [4.69, 9.17) is 4.74 Å². The third-order valence-electron chi connectivity index (χ3n) is 5.64. The highest BCUT2D eigenvalue weighted by Crippen LogP contribution is 2.32. The summed E-state index contributed by atoms with van der Waals surface area (Å²) in [5.74, 6) is 0.773. The van der Waals surface area contributed by atoms with Gasteiger partial charge in [0, 0.05) is 23.7 Å². The van der Waals surface area contributed by atoms with E-state index in [9.17, 15) is 9.18 Å². The summed E-state index contributed by atoms with van der Waals surface area (Å²) in [5.41, 5.74) is 2.39. The first-order chi connectivity index (χ1) is 16.5. The van der Waals surface area contributed by atoms with E-state index in [1.807, 2.05) is 0 Å². The van der Waals surface area contributed by atoms with Gasteiger partial charge in [-0.25, -0.2) is 14.4 Å². The Labute approximate surface area is 200 Å². The number of aryl methyl sites for hydroxylation is 1. The summed E-state index contributed by atoms with van der Waals surface area (Å²) >= 11 is 0. The number of nitrogens with zero attached hydrogens (tertiary/aromatic N) is 3. The molecule has 8 heteroatoms. The molecule has 1 amide bonds. The molecule has 3 aromatic rings. The van der Waals surface area contributed by atoms with Crippen LogP contribution in [0.3, 0.4) is 0 Å². The summed E-state index contributed by atoms with van der Waals surface area (Å²) in [4.78, 5) is 21.7. The van der Waals surface area contributed by atoms with Crippen LogP contribution in [-0.4, -0.2) is 48.0 Å². The molecule has 0 atom stereocenters. The highest BCUT2D eigenvalue weighted by atomic mass is 19.1. The zero-order chi connectivity index (χ0) is 24.3. The monoisotopic (exact) mass is 465 g/mol. The number of benzene rings is 2. The lowest BCUT2D eigenvalue weighted by molar-refractivity contribution is -0.105. The Kier molecular flexibility index (Phi) is 9.34. The fourth-order valence-electron chi connectivity index (χ4n) is 3.78. The summed E-state index contributed by atoms with van der Waals surface area (Å²) in [5, 5.41) is 6.43. The summed E-state index contributed by atoms with van der Waals surface area (Å²) in [6.45, 7) is 7.56. The average molecular weight is 466 g/mol. The van der Waals surface area contributed by atoms with Gasteiger partial charge in [0.1, 0.15) is 23.7 Å². The van der Waals surface area contributed by atoms with Crippen LogP contribution in [0.1, 0.15) is 31.7 Å². The molecule has 1 aliphatic heterocycles. The first kappa shape index (κ1) is 25.1. The average Bonchev–Trinajstić information content (AvgIpc) is 2.86. The summed E-state index contributed by atoms with van der Waals surface area (Å²) in [7, 11) is 1.51. The number of amides is 1. The van der Waals surface area contributed by atoms with Gasteiger partial charge in [0.25, 0.3) is 0 Å². The predicted molar refractivity (Wildman–Crippen MR) is 135 cm³/mol. The fraction of sp³-hybridized carbons (Fsp3) is 0.346. The molecule has 0 unspecified atom stereocenters. The molecule has 2 N–H and O–H groups in total. The summed E-state index contributed by atoms with van der Waals surface area (Å²) in [6.07, 6.45) is 10.6. The molecule has 2 heterocycles. The van der Waals surface area contributed by atoms with Crippen molar-refractivity contribution in [2.45, 2.75) is 33.1 Å². The highest BCUT2D eigenvalue weighted by Gasteiger charge is 2.11. The number of carbonyl (C=O) groups excluding carboxylic acids is 1. The van der Waals surface area contributed by atoms with Crippen LogP contribution in [-0.2, 0) is 4.79 Å². The minimum Gasteiger partial charge on any atom is -0.494 e. The van der Waals surface area contributed by atoms with Crippen molar-refractivity contribution in [2.24, 2.45) is 0 Å². The maximum atomic E-state index is 13.4. The van der Waals surface area contributed by atoms with Crippen molar-refractivity contribution >= 4 is 34.5 Å². The Balaban J connectivity index is 0.000000271. The Morgan fingerprint density at radius 2 is 1.94 bits per heavy atom. The van der Waals surface area contributed by atoms with E-state index in [1.54, 1.807) is 31.2 Å². The van der Waals surface area contributed by atoms with Crippen molar-refractivity contribution in [1.82, 2.24) is 14.9 Å². The quantitative estimate of drug-likeness (QED) is 0.357. The van der Waals surface area contributed by atoms with E-state index in [0.717, 1.165) is 6.54 Å². The van der Waals surface area contributed by atoms with Gasteiger partial charge in [0.15, 0.2) is 0 Å². The second kappa shape index (κ2) is 12.6. The van der Waals surface area contributed by atoms with Crippen molar-refractivity contribution in [3.63, 3.8) is 0 Å². The molecule has 0 aliphatic carbocycles. The topological polar surface area (TPSA) is 79.4 Å². The first-order valence-electron chi connectivity index (χ1n) is 11.4. The lowest BCUT2D eigenvalue weighted by Crippen LogP contribution is -2.29. The smallest absolute Gasteiger partial charge is 0.211 e. The van der Waals surface area contributed by atoms with Gasteiger partial charge in [0.2, 0.25) is 6.41 Å². The molecule has 180 valence electrons. The maximum absolute atomic E-state index is 13.4.